The third kappa shape index (κ3) is 3.70. The fourth-order valence-corrected chi connectivity index (χ4v) is 4.23. The van der Waals surface area contributed by atoms with E-state index in [1.165, 1.54) is 16.7 Å². The fourth-order valence-electron chi connectivity index (χ4n) is 3.55. The first kappa shape index (κ1) is 17.2. The van der Waals surface area contributed by atoms with E-state index in [1.54, 1.807) is 11.3 Å². The van der Waals surface area contributed by atoms with Crippen LogP contribution in [0.5, 0.6) is 0 Å². The van der Waals surface area contributed by atoms with E-state index in [4.69, 9.17) is 0 Å². The summed E-state index contributed by atoms with van der Waals surface area (Å²) in [6.07, 6.45) is 1.73. The zero-order valence-electron chi connectivity index (χ0n) is 14.3. The van der Waals surface area contributed by atoms with E-state index in [-0.39, 0.29) is 12.0 Å². The molecule has 1 aliphatic rings. The maximum atomic E-state index is 11.4. The first-order valence-electron chi connectivity index (χ1n) is 8.65. The molecule has 1 fully saturated rings. The minimum absolute atomic E-state index is 0.152. The van der Waals surface area contributed by atoms with Crippen molar-refractivity contribution in [1.29, 1.82) is 0 Å². The number of likely N-dealkylation sites (tertiary alicyclic amines) is 1. The van der Waals surface area contributed by atoms with Gasteiger partial charge in [0, 0.05) is 6.54 Å². The molecule has 24 heavy (non-hydrogen) atoms. The van der Waals surface area contributed by atoms with Crippen molar-refractivity contribution in [3.05, 3.63) is 57.8 Å². The van der Waals surface area contributed by atoms with Crippen LogP contribution in [0.1, 0.15) is 55.3 Å². The van der Waals surface area contributed by atoms with Gasteiger partial charge in [0.25, 0.3) is 0 Å². The molecular weight excluding hydrogens is 318 g/mol. The summed E-state index contributed by atoms with van der Waals surface area (Å²) in [5.74, 6) is -0.404. The molecule has 1 aromatic carbocycles. The maximum Gasteiger partial charge on any atom is 0.307 e. The molecule has 1 saturated heterocycles. The molecule has 0 aliphatic carbocycles. The van der Waals surface area contributed by atoms with Crippen LogP contribution in [0.3, 0.4) is 0 Å². The number of hydrogen-bond donors (Lipinski definition) is 1. The van der Waals surface area contributed by atoms with Crippen molar-refractivity contribution < 1.29 is 9.90 Å². The molecule has 0 saturated carbocycles. The second-order valence-electron chi connectivity index (χ2n) is 6.95. The number of carboxylic acid groups (broad SMARTS) is 1. The highest BCUT2D eigenvalue weighted by atomic mass is 32.1. The van der Waals surface area contributed by atoms with Crippen molar-refractivity contribution >= 4 is 17.3 Å². The molecule has 1 N–H and O–H groups in total. The van der Waals surface area contributed by atoms with Gasteiger partial charge in [0.1, 0.15) is 0 Å². The molecule has 0 bridgehead atoms. The van der Waals surface area contributed by atoms with Crippen LogP contribution < -0.4 is 0 Å². The lowest BCUT2D eigenvalue weighted by atomic mass is 9.91. The van der Waals surface area contributed by atoms with Crippen LogP contribution in [-0.2, 0) is 4.79 Å². The largest absolute Gasteiger partial charge is 0.481 e. The number of rotatable bonds is 5. The summed E-state index contributed by atoms with van der Waals surface area (Å²) in [6.45, 7) is 5.99. The Labute approximate surface area is 147 Å². The highest BCUT2D eigenvalue weighted by Crippen LogP contribution is 2.34. The van der Waals surface area contributed by atoms with Crippen LogP contribution >= 0.6 is 11.3 Å². The summed E-state index contributed by atoms with van der Waals surface area (Å²) in [5, 5.41) is 13.7. The predicted octanol–water partition coefficient (Wildman–Crippen LogP) is 4.76. The predicted molar refractivity (Wildman–Crippen MR) is 98.6 cm³/mol. The Balaban J connectivity index is 1.91. The van der Waals surface area contributed by atoms with Gasteiger partial charge in [0.05, 0.1) is 12.0 Å². The van der Waals surface area contributed by atoms with Gasteiger partial charge in [-0.1, -0.05) is 38.1 Å². The van der Waals surface area contributed by atoms with Crippen molar-refractivity contribution in [3.63, 3.8) is 0 Å². The molecule has 2 unspecified atom stereocenters. The molecule has 0 amide bonds. The second-order valence-corrected chi connectivity index (χ2v) is 7.73. The van der Waals surface area contributed by atoms with Gasteiger partial charge in [-0.15, -0.1) is 0 Å². The molecule has 4 heteroatoms. The molecule has 0 radical (unpaired) electrons. The van der Waals surface area contributed by atoms with E-state index < -0.39 is 5.97 Å². The monoisotopic (exact) mass is 343 g/mol. The highest BCUT2D eigenvalue weighted by Gasteiger charge is 2.31. The van der Waals surface area contributed by atoms with E-state index in [2.05, 4.69) is 59.8 Å². The lowest BCUT2D eigenvalue weighted by Gasteiger charge is -2.37. The van der Waals surface area contributed by atoms with Crippen molar-refractivity contribution in [2.75, 3.05) is 13.1 Å². The van der Waals surface area contributed by atoms with Gasteiger partial charge >= 0.3 is 5.97 Å². The van der Waals surface area contributed by atoms with E-state index >= 15 is 0 Å². The molecule has 1 aromatic heterocycles. The molecule has 1 aliphatic heterocycles. The Hall–Kier alpha value is -1.65. The number of carboxylic acids is 1. The first-order chi connectivity index (χ1) is 11.6. The second kappa shape index (κ2) is 7.49. The molecule has 2 heterocycles. The lowest BCUT2D eigenvalue weighted by molar-refractivity contribution is -0.143. The highest BCUT2D eigenvalue weighted by molar-refractivity contribution is 7.08. The standard InChI is InChI=1S/C20H25NO2S/c1-14(2)15-5-7-16(8-6-15)19(18-9-11-24-13-18)21-10-3-4-17(12-21)20(22)23/h5-9,11,13-14,17,19H,3-4,10,12H2,1-2H3,(H,22,23). The van der Waals surface area contributed by atoms with Gasteiger partial charge in [-0.05, 0) is 58.8 Å². The van der Waals surface area contributed by atoms with Crippen LogP contribution in [0.2, 0.25) is 0 Å². The van der Waals surface area contributed by atoms with E-state index in [0.717, 1.165) is 19.4 Å². The maximum absolute atomic E-state index is 11.4. The van der Waals surface area contributed by atoms with Crippen LogP contribution in [0, 0.1) is 5.92 Å². The molecular formula is C20H25NO2S. The summed E-state index contributed by atoms with van der Waals surface area (Å²) in [5.41, 5.74) is 3.86. The Morgan fingerprint density at radius 2 is 1.88 bits per heavy atom. The molecule has 3 rings (SSSR count). The van der Waals surface area contributed by atoms with Gasteiger partial charge < -0.3 is 5.11 Å². The van der Waals surface area contributed by atoms with Gasteiger partial charge in [0.2, 0.25) is 0 Å². The Morgan fingerprint density at radius 1 is 1.17 bits per heavy atom. The van der Waals surface area contributed by atoms with Crippen molar-refractivity contribution in [2.45, 2.75) is 38.6 Å². The lowest BCUT2D eigenvalue weighted by Crippen LogP contribution is -2.41. The van der Waals surface area contributed by atoms with Crippen molar-refractivity contribution in [3.8, 4) is 0 Å². The normalized spacial score (nSPS) is 20.2. The number of carbonyl (C=O) groups is 1. The van der Waals surface area contributed by atoms with Crippen molar-refractivity contribution in [1.82, 2.24) is 4.90 Å². The summed E-state index contributed by atoms with van der Waals surface area (Å²) in [4.78, 5) is 13.8. The topological polar surface area (TPSA) is 40.5 Å². The van der Waals surface area contributed by atoms with Crippen LogP contribution in [-0.4, -0.2) is 29.1 Å². The first-order valence-corrected chi connectivity index (χ1v) is 9.59. The third-order valence-electron chi connectivity index (χ3n) is 4.94. The zero-order valence-corrected chi connectivity index (χ0v) is 15.1. The van der Waals surface area contributed by atoms with Gasteiger partial charge in [0.15, 0.2) is 0 Å². The average molecular weight is 343 g/mol. The number of piperidine rings is 1. The fraction of sp³-hybridized carbons (Fsp3) is 0.450. The molecule has 2 aromatic rings. The Morgan fingerprint density at radius 3 is 2.46 bits per heavy atom. The van der Waals surface area contributed by atoms with E-state index in [1.807, 2.05) is 0 Å². The number of nitrogens with zero attached hydrogens (tertiary/aromatic N) is 1. The SMILES string of the molecule is CC(C)c1ccc(C(c2ccsc2)N2CCCC(C(=O)O)C2)cc1. The smallest absolute Gasteiger partial charge is 0.307 e. The summed E-state index contributed by atoms with van der Waals surface area (Å²) in [6, 6.07) is 11.1. The Bertz CT molecular complexity index is 663. The Kier molecular flexibility index (Phi) is 5.36. The molecule has 0 spiro atoms. The third-order valence-corrected chi connectivity index (χ3v) is 5.65. The number of hydrogen-bond acceptors (Lipinski definition) is 3. The number of aliphatic carboxylic acids is 1. The van der Waals surface area contributed by atoms with E-state index in [9.17, 15) is 9.90 Å². The molecule has 3 nitrogen and oxygen atoms in total. The van der Waals surface area contributed by atoms with Crippen LogP contribution in [0.15, 0.2) is 41.1 Å². The van der Waals surface area contributed by atoms with Crippen LogP contribution in [0.25, 0.3) is 0 Å². The minimum atomic E-state index is -0.668. The summed E-state index contributed by atoms with van der Waals surface area (Å²) < 4.78 is 0. The minimum Gasteiger partial charge on any atom is -0.481 e. The number of benzene rings is 1. The molecule has 128 valence electrons. The molecule has 2 atom stereocenters. The van der Waals surface area contributed by atoms with Gasteiger partial charge in [-0.2, -0.15) is 11.3 Å². The summed E-state index contributed by atoms with van der Waals surface area (Å²) in [7, 11) is 0. The van der Waals surface area contributed by atoms with Gasteiger partial charge in [-0.25, -0.2) is 0 Å². The van der Waals surface area contributed by atoms with Crippen LogP contribution in [0.4, 0.5) is 0 Å². The average Bonchev–Trinajstić information content (AvgIpc) is 3.10. The zero-order chi connectivity index (χ0) is 17.1. The van der Waals surface area contributed by atoms with Crippen molar-refractivity contribution in [2.24, 2.45) is 5.92 Å². The number of thiophene rings is 1. The van der Waals surface area contributed by atoms with Gasteiger partial charge in [-0.3, -0.25) is 9.69 Å². The quantitative estimate of drug-likeness (QED) is 0.851. The van der Waals surface area contributed by atoms with E-state index in [0.29, 0.717) is 12.5 Å². The summed E-state index contributed by atoms with van der Waals surface area (Å²) >= 11 is 1.70.